The van der Waals surface area contributed by atoms with Crippen LogP contribution in [0.3, 0.4) is 0 Å². The van der Waals surface area contributed by atoms with Crippen LogP contribution in [0.5, 0.6) is 0 Å². The van der Waals surface area contributed by atoms with E-state index in [1.54, 1.807) is 12.1 Å². The number of thiazole rings is 2. The van der Waals surface area contributed by atoms with Crippen molar-refractivity contribution < 1.29 is 9.18 Å². The monoisotopic (exact) mass is 385 g/mol. The van der Waals surface area contributed by atoms with Crippen LogP contribution in [0.4, 0.5) is 20.3 Å². The maximum absolute atomic E-state index is 13.5. The third kappa shape index (κ3) is 4.05. The number of aryl methyl sites for hydroxylation is 1. The molecule has 3 aromatic heterocycles. The summed E-state index contributed by atoms with van der Waals surface area (Å²) in [5.41, 5.74) is 1.78. The molecule has 6 nitrogen and oxygen atoms in total. The van der Waals surface area contributed by atoms with E-state index in [4.69, 9.17) is 0 Å². The lowest BCUT2D eigenvalue weighted by atomic mass is 10.3. The predicted molar refractivity (Wildman–Crippen MR) is 97.0 cm³/mol. The lowest BCUT2D eigenvalue weighted by Gasteiger charge is -2.01. The Bertz CT molecular complexity index is 866. The molecule has 0 unspecified atom stereocenters. The standard InChI is InChI=1S/C14H12FN5OS2.ClH/c1-7-11(23-14(17-7)18-8(2)21)10-6-22-13(20-10)19-9-4-3-5-16-12(9)15;/h3-6H,1-2H3,(H,19,20)(H,17,18,21);1H. The van der Waals surface area contributed by atoms with Gasteiger partial charge in [-0.15, -0.1) is 23.7 Å². The highest BCUT2D eigenvalue weighted by atomic mass is 35.5. The van der Waals surface area contributed by atoms with Gasteiger partial charge in [-0.3, -0.25) is 4.79 Å². The summed E-state index contributed by atoms with van der Waals surface area (Å²) in [6, 6.07) is 3.24. The Morgan fingerprint density at radius 2 is 2.08 bits per heavy atom. The number of aromatic nitrogens is 3. The van der Waals surface area contributed by atoms with Crippen LogP contribution in [0.1, 0.15) is 12.6 Å². The van der Waals surface area contributed by atoms with Gasteiger partial charge in [0.15, 0.2) is 10.3 Å². The van der Waals surface area contributed by atoms with Crippen LogP contribution in [-0.4, -0.2) is 20.9 Å². The molecule has 2 N–H and O–H groups in total. The Hall–Kier alpha value is -2.10. The van der Waals surface area contributed by atoms with E-state index in [2.05, 4.69) is 25.6 Å². The van der Waals surface area contributed by atoms with E-state index in [1.165, 1.54) is 35.8 Å². The normalized spacial score (nSPS) is 10.1. The number of halogens is 2. The van der Waals surface area contributed by atoms with E-state index in [-0.39, 0.29) is 24.0 Å². The van der Waals surface area contributed by atoms with Gasteiger partial charge in [0.2, 0.25) is 11.9 Å². The number of amides is 1. The largest absolute Gasteiger partial charge is 0.328 e. The minimum atomic E-state index is -0.578. The summed E-state index contributed by atoms with van der Waals surface area (Å²) in [5, 5.41) is 8.51. The summed E-state index contributed by atoms with van der Waals surface area (Å²) in [6.45, 7) is 3.29. The fourth-order valence-corrected chi connectivity index (χ4v) is 3.63. The lowest BCUT2D eigenvalue weighted by Crippen LogP contribution is -2.04. The molecule has 3 heterocycles. The number of anilines is 3. The second kappa shape index (κ2) is 7.65. The van der Waals surface area contributed by atoms with Crippen LogP contribution in [0.2, 0.25) is 0 Å². The predicted octanol–water partition coefficient (Wildman–Crippen LogP) is 4.23. The molecule has 126 valence electrons. The molecule has 0 radical (unpaired) electrons. The van der Waals surface area contributed by atoms with Crippen LogP contribution in [-0.2, 0) is 4.79 Å². The highest BCUT2D eigenvalue weighted by Gasteiger charge is 2.14. The molecule has 0 fully saturated rings. The number of carbonyl (C=O) groups is 1. The van der Waals surface area contributed by atoms with Crippen molar-refractivity contribution in [2.24, 2.45) is 0 Å². The van der Waals surface area contributed by atoms with E-state index in [0.717, 1.165) is 16.3 Å². The zero-order valence-corrected chi connectivity index (χ0v) is 15.1. The first-order valence-corrected chi connectivity index (χ1v) is 8.31. The smallest absolute Gasteiger partial charge is 0.236 e. The maximum atomic E-state index is 13.5. The molecule has 0 spiro atoms. The van der Waals surface area contributed by atoms with Gasteiger partial charge < -0.3 is 10.6 Å². The zero-order chi connectivity index (χ0) is 16.4. The lowest BCUT2D eigenvalue weighted by molar-refractivity contribution is -0.114. The number of rotatable bonds is 4. The molecular weight excluding hydrogens is 373 g/mol. The summed E-state index contributed by atoms with van der Waals surface area (Å²) >= 11 is 2.71. The summed E-state index contributed by atoms with van der Waals surface area (Å²) in [4.78, 5) is 24.3. The Labute approximate surface area is 151 Å². The molecule has 0 aliphatic heterocycles. The maximum Gasteiger partial charge on any atom is 0.236 e. The van der Waals surface area contributed by atoms with Gasteiger partial charge in [0, 0.05) is 18.5 Å². The van der Waals surface area contributed by atoms with Gasteiger partial charge in [0.05, 0.1) is 22.0 Å². The molecular formula is C14H13ClFN5OS2. The zero-order valence-electron chi connectivity index (χ0n) is 12.7. The average molecular weight is 386 g/mol. The van der Waals surface area contributed by atoms with E-state index < -0.39 is 5.95 Å². The van der Waals surface area contributed by atoms with Gasteiger partial charge in [-0.2, -0.15) is 4.39 Å². The third-order valence-electron chi connectivity index (χ3n) is 2.82. The molecule has 0 saturated carbocycles. The molecule has 0 aliphatic carbocycles. The second-order valence-electron chi connectivity index (χ2n) is 4.62. The van der Waals surface area contributed by atoms with E-state index in [1.807, 2.05) is 12.3 Å². The van der Waals surface area contributed by atoms with E-state index in [9.17, 15) is 9.18 Å². The molecule has 0 bridgehead atoms. The molecule has 0 saturated heterocycles. The molecule has 3 rings (SSSR count). The van der Waals surface area contributed by atoms with Gasteiger partial charge in [0.1, 0.15) is 0 Å². The Morgan fingerprint density at radius 3 is 2.79 bits per heavy atom. The first kappa shape index (κ1) is 18.2. The van der Waals surface area contributed by atoms with Crippen molar-refractivity contribution in [2.45, 2.75) is 13.8 Å². The van der Waals surface area contributed by atoms with Gasteiger partial charge in [-0.25, -0.2) is 15.0 Å². The minimum absolute atomic E-state index is 0. The molecule has 24 heavy (non-hydrogen) atoms. The average Bonchev–Trinajstić information content (AvgIpc) is 3.07. The fourth-order valence-electron chi connectivity index (χ4n) is 1.87. The van der Waals surface area contributed by atoms with Crippen LogP contribution >= 0.6 is 35.1 Å². The van der Waals surface area contributed by atoms with Crippen molar-refractivity contribution >= 4 is 56.9 Å². The van der Waals surface area contributed by atoms with Crippen LogP contribution in [0, 0.1) is 12.9 Å². The van der Waals surface area contributed by atoms with Crippen molar-refractivity contribution in [3.05, 3.63) is 35.4 Å². The number of hydrogen-bond acceptors (Lipinski definition) is 7. The highest BCUT2D eigenvalue weighted by Crippen LogP contribution is 2.35. The van der Waals surface area contributed by atoms with Crippen molar-refractivity contribution in [3.8, 4) is 10.6 Å². The van der Waals surface area contributed by atoms with Crippen LogP contribution in [0.25, 0.3) is 10.6 Å². The summed E-state index contributed by atoms with van der Waals surface area (Å²) < 4.78 is 13.5. The minimum Gasteiger partial charge on any atom is -0.328 e. The van der Waals surface area contributed by atoms with E-state index in [0.29, 0.717) is 10.3 Å². The first-order valence-electron chi connectivity index (χ1n) is 6.61. The van der Waals surface area contributed by atoms with Gasteiger partial charge in [0.25, 0.3) is 0 Å². The quantitative estimate of drug-likeness (QED) is 0.657. The topological polar surface area (TPSA) is 79.8 Å². The highest BCUT2D eigenvalue weighted by molar-refractivity contribution is 7.20. The number of hydrogen-bond donors (Lipinski definition) is 2. The van der Waals surface area contributed by atoms with E-state index >= 15 is 0 Å². The number of pyridine rings is 1. The van der Waals surface area contributed by atoms with Crippen molar-refractivity contribution in [1.82, 2.24) is 15.0 Å². The Morgan fingerprint density at radius 1 is 1.29 bits per heavy atom. The van der Waals surface area contributed by atoms with Gasteiger partial charge in [-0.05, 0) is 19.1 Å². The van der Waals surface area contributed by atoms with Gasteiger partial charge >= 0.3 is 0 Å². The molecule has 0 aromatic carbocycles. The van der Waals surface area contributed by atoms with Crippen LogP contribution < -0.4 is 10.6 Å². The molecule has 10 heteroatoms. The van der Waals surface area contributed by atoms with Crippen LogP contribution in [0.15, 0.2) is 23.7 Å². The second-order valence-corrected chi connectivity index (χ2v) is 6.48. The molecule has 0 atom stereocenters. The SMILES string of the molecule is CC(=O)Nc1nc(C)c(-c2csc(Nc3cccnc3F)n2)s1.Cl. The third-order valence-corrected chi connectivity index (χ3v) is 4.67. The molecule has 3 aromatic rings. The summed E-state index contributed by atoms with van der Waals surface area (Å²) in [6.07, 6.45) is 1.39. The number of nitrogens with zero attached hydrogens (tertiary/aromatic N) is 3. The number of carbonyl (C=O) groups excluding carboxylic acids is 1. The fraction of sp³-hybridized carbons (Fsp3) is 0.143. The summed E-state index contributed by atoms with van der Waals surface area (Å²) in [7, 11) is 0. The molecule has 1 amide bonds. The van der Waals surface area contributed by atoms with Gasteiger partial charge in [-0.1, -0.05) is 11.3 Å². The Kier molecular flexibility index (Phi) is 5.81. The molecule has 0 aliphatic rings. The summed E-state index contributed by atoms with van der Waals surface area (Å²) in [5.74, 6) is -0.746. The first-order chi connectivity index (χ1) is 11.0. The number of nitrogens with one attached hydrogen (secondary N) is 2. The van der Waals surface area contributed by atoms with Crippen molar-refractivity contribution in [1.29, 1.82) is 0 Å². The van der Waals surface area contributed by atoms with Crippen molar-refractivity contribution in [2.75, 3.05) is 10.6 Å². The Balaban J connectivity index is 0.00000208. The van der Waals surface area contributed by atoms with Crippen molar-refractivity contribution in [3.63, 3.8) is 0 Å².